The Morgan fingerprint density at radius 3 is 1.36 bits per heavy atom. The molecule has 0 aliphatic carbocycles. The molecule has 2 rings (SSSR count). The van der Waals surface area contributed by atoms with Crippen LogP contribution in [-0.2, 0) is 11.3 Å². The van der Waals surface area contributed by atoms with Crippen LogP contribution in [0.25, 0.3) is 0 Å². The molecule has 1 aliphatic rings. The zero-order valence-corrected chi connectivity index (χ0v) is 12.6. The number of imide groups is 1. The number of rotatable bonds is 1. The summed E-state index contributed by atoms with van der Waals surface area (Å²) in [6.45, 7) is 0.415. The second-order valence-electron chi connectivity index (χ2n) is 4.18. The van der Waals surface area contributed by atoms with E-state index in [0.717, 1.165) is 5.56 Å². The number of carbonyl (C=O) groups is 2. The molecular weight excluding hydrogens is 454 g/mol. The van der Waals surface area contributed by atoms with Crippen molar-refractivity contribution in [2.45, 2.75) is 6.54 Å². The number of hydrogen-bond acceptors (Lipinski definition) is 2. The van der Waals surface area contributed by atoms with Gasteiger partial charge in [-0.05, 0) is 11.6 Å². The number of carbonyl (C=O) groups excluding carboxylic acids is 2. The fourth-order valence-electron chi connectivity index (χ4n) is 1.36. The predicted octanol–water partition coefficient (Wildman–Crippen LogP) is 4.05. The van der Waals surface area contributed by atoms with E-state index >= 15 is 0 Å². The minimum absolute atomic E-state index is 0. The van der Waals surface area contributed by atoms with Gasteiger partial charge in [-0.2, -0.15) is 0 Å². The molecule has 0 spiro atoms. The molecule has 0 aromatic heterocycles. The number of halogens is 12. The summed E-state index contributed by atoms with van der Waals surface area (Å²) in [5.74, 6) is -0.194. The van der Waals surface area contributed by atoms with Gasteiger partial charge in [0.25, 0.3) is 5.91 Å². The van der Waals surface area contributed by atoms with Gasteiger partial charge in [0.05, 0.1) is 6.54 Å². The van der Waals surface area contributed by atoms with Crippen LogP contribution < -0.4 is 0 Å². The molecule has 28 heavy (non-hydrogen) atoms. The van der Waals surface area contributed by atoms with Gasteiger partial charge in [0, 0.05) is 5.56 Å². The van der Waals surface area contributed by atoms with Crippen molar-refractivity contribution in [3.8, 4) is 0 Å². The molecule has 158 valence electrons. The van der Waals surface area contributed by atoms with Crippen LogP contribution in [-0.4, -0.2) is 90.4 Å². The molecule has 19 heteroatoms. The van der Waals surface area contributed by atoms with E-state index in [1.54, 1.807) is 12.1 Å². The fourth-order valence-corrected chi connectivity index (χ4v) is 1.36. The van der Waals surface area contributed by atoms with Crippen molar-refractivity contribution >= 4 is 85.5 Å². The van der Waals surface area contributed by atoms with Crippen molar-refractivity contribution in [1.82, 2.24) is 4.90 Å². The summed E-state index contributed by atoms with van der Waals surface area (Å²) in [6, 6.07) is 7.25. The van der Waals surface area contributed by atoms with Gasteiger partial charge < -0.3 is 51.8 Å². The zero-order valence-electron chi connectivity index (χ0n) is 12.6. The number of hydrogen-bond donors (Lipinski definition) is 0. The Kier molecular flexibility index (Phi) is 15.5. The van der Waals surface area contributed by atoms with E-state index < -0.39 is 21.8 Å². The van der Waals surface area contributed by atoms with Crippen LogP contribution in [0.4, 0.5) is 51.8 Å². The molecular formula is C9H8B3F12KNO2-3. The number of benzene rings is 1. The molecule has 1 aromatic rings. The van der Waals surface area contributed by atoms with Crippen molar-refractivity contribution in [3.63, 3.8) is 0 Å². The van der Waals surface area contributed by atoms with Gasteiger partial charge in [0.1, 0.15) is 0 Å². The first-order chi connectivity index (χ1) is 11.8. The van der Waals surface area contributed by atoms with Crippen molar-refractivity contribution in [3.05, 3.63) is 35.4 Å². The van der Waals surface area contributed by atoms with E-state index in [-0.39, 0.29) is 57.3 Å². The summed E-state index contributed by atoms with van der Waals surface area (Å²) in [5.41, 5.74) is 1.57. The third kappa shape index (κ3) is 25.4. The van der Waals surface area contributed by atoms with Crippen molar-refractivity contribution in [1.29, 1.82) is 0 Å². The van der Waals surface area contributed by atoms with Crippen molar-refractivity contribution in [2.75, 3.05) is 0 Å². The van der Waals surface area contributed by atoms with Crippen LogP contribution in [0.5, 0.6) is 0 Å². The molecule has 0 bridgehead atoms. The number of amides is 2. The Bertz CT molecular complexity index is 563. The molecule has 0 radical (unpaired) electrons. The molecule has 1 aromatic carbocycles. The molecule has 3 nitrogen and oxygen atoms in total. The zero-order chi connectivity index (χ0) is 22.1. The average molecular weight is 462 g/mol. The summed E-state index contributed by atoms with van der Waals surface area (Å²) < 4.78 is 117. The summed E-state index contributed by atoms with van der Waals surface area (Å²) in [7, 11) is -18.0. The van der Waals surface area contributed by atoms with E-state index in [4.69, 9.17) is 0 Å². The van der Waals surface area contributed by atoms with Gasteiger partial charge >= 0.3 is 73.1 Å². The summed E-state index contributed by atoms with van der Waals surface area (Å²) >= 11 is 0. The predicted molar refractivity (Wildman–Crippen MR) is 80.1 cm³/mol. The van der Waals surface area contributed by atoms with Gasteiger partial charge in [-0.1, -0.05) is 18.2 Å². The van der Waals surface area contributed by atoms with Crippen LogP contribution in [0, 0.1) is 0 Å². The molecule has 0 atom stereocenters. The molecule has 0 saturated carbocycles. The van der Waals surface area contributed by atoms with E-state index in [1.807, 2.05) is 12.1 Å². The molecule has 0 saturated heterocycles. The first-order valence-electron chi connectivity index (χ1n) is 6.29. The van der Waals surface area contributed by atoms with Gasteiger partial charge in [-0.15, -0.1) is 0 Å². The fraction of sp³-hybridized carbons (Fsp3) is 0.111. The third-order valence-corrected chi connectivity index (χ3v) is 1.98. The Morgan fingerprint density at radius 2 is 1.07 bits per heavy atom. The quantitative estimate of drug-likeness (QED) is 0.359. The monoisotopic (exact) mass is 462 g/mol. The minimum atomic E-state index is -6.00. The maximum absolute atomic E-state index is 11.3. The van der Waals surface area contributed by atoms with E-state index in [0.29, 0.717) is 18.5 Å². The van der Waals surface area contributed by atoms with Gasteiger partial charge in [0.15, 0.2) is 0 Å². The summed E-state index contributed by atoms with van der Waals surface area (Å²) in [4.78, 5) is 22.9. The first-order valence-corrected chi connectivity index (χ1v) is 6.29. The Morgan fingerprint density at radius 1 is 0.750 bits per heavy atom. The Labute approximate surface area is 192 Å². The average Bonchev–Trinajstić information content (AvgIpc) is 2.70. The summed E-state index contributed by atoms with van der Waals surface area (Å²) in [6.07, 6.45) is 0.572. The van der Waals surface area contributed by atoms with E-state index in [9.17, 15) is 61.4 Å². The van der Waals surface area contributed by atoms with E-state index in [1.165, 1.54) is 4.90 Å². The maximum atomic E-state index is 11.3. The van der Waals surface area contributed by atoms with Crippen molar-refractivity contribution in [2.24, 2.45) is 0 Å². The summed E-state index contributed by atoms with van der Waals surface area (Å²) in [5, 5.41) is 0. The molecule has 2 amide bonds. The van der Waals surface area contributed by atoms with Crippen LogP contribution in [0.2, 0.25) is 0 Å². The molecule has 0 N–H and O–H groups in total. The van der Waals surface area contributed by atoms with Crippen LogP contribution in [0.3, 0.4) is 0 Å². The second kappa shape index (κ2) is 13.6. The second-order valence-corrected chi connectivity index (χ2v) is 4.18. The number of fused-ring (bicyclic) bond motifs is 1. The molecule has 1 heterocycles. The molecule has 0 unspecified atom stereocenters. The standard InChI is InChI=1S/C9H7NO2.3BF4.K.H/c11-6-10-5-7-3-1-2-4-8(7)9(10)12;3*2-1(3,4)5;;/h1-4,6H,5H2;;;;;/q;3*-1;;. The van der Waals surface area contributed by atoms with Crippen LogP contribution >= 0.6 is 0 Å². The first kappa shape index (κ1) is 32.0. The number of nitrogens with zero attached hydrogens (tertiary/aromatic N) is 1. The van der Waals surface area contributed by atoms with Gasteiger partial charge in [-0.25, -0.2) is 0 Å². The topological polar surface area (TPSA) is 37.4 Å². The third-order valence-electron chi connectivity index (χ3n) is 1.98. The molecule has 0 fully saturated rings. The molecule has 1 aliphatic heterocycles. The van der Waals surface area contributed by atoms with Crippen LogP contribution in [0.1, 0.15) is 15.9 Å². The van der Waals surface area contributed by atoms with Gasteiger partial charge in [-0.3, -0.25) is 14.5 Å². The van der Waals surface area contributed by atoms with E-state index in [2.05, 4.69) is 0 Å². The Hall–Kier alpha value is -0.649. The van der Waals surface area contributed by atoms with Gasteiger partial charge in [0.2, 0.25) is 6.41 Å². The van der Waals surface area contributed by atoms with Crippen LogP contribution in [0.15, 0.2) is 24.3 Å². The van der Waals surface area contributed by atoms with Crippen molar-refractivity contribution < 1.29 is 61.4 Å². The normalized spacial score (nSPS) is 12.7. The SMILES string of the molecule is F[B-](F)(F)F.F[B-](F)(F)F.F[B-](F)(F)F.O=CN1Cc2ccccc2C1=O.[KH]. The Balaban J connectivity index is -0.000000334.